The molecule has 1 saturated heterocycles. The molecule has 25 heavy (non-hydrogen) atoms. The van der Waals surface area contributed by atoms with Crippen molar-refractivity contribution in [1.29, 1.82) is 0 Å². The van der Waals surface area contributed by atoms with Crippen molar-refractivity contribution in [3.63, 3.8) is 0 Å². The zero-order valence-corrected chi connectivity index (χ0v) is 15.5. The number of aromatic nitrogens is 1. The van der Waals surface area contributed by atoms with E-state index >= 15 is 0 Å². The molecule has 2 aromatic rings. The van der Waals surface area contributed by atoms with E-state index in [1.54, 1.807) is 22.3 Å². The fourth-order valence-electron chi connectivity index (χ4n) is 3.79. The molecule has 1 unspecified atom stereocenters. The van der Waals surface area contributed by atoms with Crippen LogP contribution >= 0.6 is 11.3 Å². The van der Waals surface area contributed by atoms with Gasteiger partial charge in [-0.15, -0.1) is 0 Å². The van der Waals surface area contributed by atoms with Gasteiger partial charge in [-0.2, -0.15) is 11.3 Å². The van der Waals surface area contributed by atoms with Crippen LogP contribution in [0, 0.1) is 0 Å². The van der Waals surface area contributed by atoms with Gasteiger partial charge in [0.15, 0.2) is 0 Å². The van der Waals surface area contributed by atoms with E-state index < -0.39 is 15.4 Å². The van der Waals surface area contributed by atoms with Crippen LogP contribution in [-0.2, 0) is 15.4 Å². The molecular weight excluding hydrogens is 358 g/mol. The summed E-state index contributed by atoms with van der Waals surface area (Å²) >= 11 is 1.49. The summed E-state index contributed by atoms with van der Waals surface area (Å²) in [6.45, 7) is 3.00. The Morgan fingerprint density at radius 3 is 2.92 bits per heavy atom. The SMILES string of the molecule is CCS(=O)(=O)N1CCC2(CN(C(=O)c3ccsc3)c3cccnc32)C1. The zero-order valence-electron chi connectivity index (χ0n) is 13.9. The Balaban J connectivity index is 1.72. The van der Waals surface area contributed by atoms with Crippen LogP contribution in [0.1, 0.15) is 29.4 Å². The van der Waals surface area contributed by atoms with Gasteiger partial charge in [0, 0.05) is 36.6 Å². The predicted molar refractivity (Wildman–Crippen MR) is 97.6 cm³/mol. The molecule has 1 atom stereocenters. The van der Waals surface area contributed by atoms with Crippen molar-refractivity contribution >= 4 is 33.0 Å². The predicted octanol–water partition coefficient (Wildman–Crippen LogP) is 2.10. The lowest BCUT2D eigenvalue weighted by molar-refractivity contribution is 0.0985. The normalized spacial score (nSPS) is 23.3. The summed E-state index contributed by atoms with van der Waals surface area (Å²) in [5.74, 6) is 0.0413. The van der Waals surface area contributed by atoms with Gasteiger partial charge in [0.05, 0.1) is 22.7 Å². The Morgan fingerprint density at radius 1 is 1.36 bits per heavy atom. The number of hydrogen-bond donors (Lipinski definition) is 0. The summed E-state index contributed by atoms with van der Waals surface area (Å²) in [5, 5.41) is 3.72. The first-order valence-electron chi connectivity index (χ1n) is 8.24. The lowest BCUT2D eigenvalue weighted by Crippen LogP contribution is -2.40. The summed E-state index contributed by atoms with van der Waals surface area (Å²) in [5.41, 5.74) is 1.89. The van der Waals surface area contributed by atoms with E-state index in [-0.39, 0.29) is 11.7 Å². The maximum Gasteiger partial charge on any atom is 0.259 e. The minimum absolute atomic E-state index is 0.0517. The number of sulfonamides is 1. The van der Waals surface area contributed by atoms with Crippen LogP contribution in [0.25, 0.3) is 0 Å². The minimum atomic E-state index is -3.24. The second-order valence-electron chi connectivity index (χ2n) is 6.54. The highest BCUT2D eigenvalue weighted by atomic mass is 32.2. The molecule has 1 amide bonds. The van der Waals surface area contributed by atoms with Gasteiger partial charge in [0.1, 0.15) is 0 Å². The molecule has 0 aliphatic carbocycles. The van der Waals surface area contributed by atoms with Gasteiger partial charge in [0.25, 0.3) is 5.91 Å². The van der Waals surface area contributed by atoms with Crippen molar-refractivity contribution in [2.24, 2.45) is 0 Å². The third kappa shape index (κ3) is 2.59. The molecule has 1 spiro atoms. The van der Waals surface area contributed by atoms with Gasteiger partial charge in [0.2, 0.25) is 10.0 Å². The number of amides is 1. The maximum absolute atomic E-state index is 12.9. The Bertz CT molecular complexity index is 911. The van der Waals surface area contributed by atoms with E-state index in [4.69, 9.17) is 0 Å². The summed E-state index contributed by atoms with van der Waals surface area (Å²) in [7, 11) is -3.24. The molecule has 132 valence electrons. The molecule has 2 aliphatic rings. The molecule has 2 aliphatic heterocycles. The summed E-state index contributed by atoms with van der Waals surface area (Å²) in [6, 6.07) is 5.54. The highest BCUT2D eigenvalue weighted by molar-refractivity contribution is 7.89. The van der Waals surface area contributed by atoms with E-state index in [0.717, 1.165) is 11.4 Å². The quantitative estimate of drug-likeness (QED) is 0.821. The van der Waals surface area contributed by atoms with Crippen LogP contribution in [0.2, 0.25) is 0 Å². The largest absolute Gasteiger partial charge is 0.305 e. The molecule has 8 heteroatoms. The molecule has 0 radical (unpaired) electrons. The Morgan fingerprint density at radius 2 is 2.20 bits per heavy atom. The van der Waals surface area contributed by atoms with Crippen molar-refractivity contribution in [3.8, 4) is 0 Å². The fourth-order valence-corrected chi connectivity index (χ4v) is 5.59. The number of carbonyl (C=O) groups excluding carboxylic acids is 1. The third-order valence-corrected chi connectivity index (χ3v) is 7.64. The van der Waals surface area contributed by atoms with Gasteiger partial charge in [-0.1, -0.05) is 0 Å². The number of pyridine rings is 1. The van der Waals surface area contributed by atoms with Crippen molar-refractivity contribution < 1.29 is 13.2 Å². The molecule has 4 heterocycles. The van der Waals surface area contributed by atoms with E-state index in [1.165, 1.54) is 11.3 Å². The lowest BCUT2D eigenvalue weighted by atomic mass is 9.85. The fraction of sp³-hybridized carbons (Fsp3) is 0.412. The summed E-state index contributed by atoms with van der Waals surface area (Å²) < 4.78 is 26.1. The third-order valence-electron chi connectivity index (χ3n) is 5.13. The molecular formula is C17H19N3O3S2. The Labute approximate surface area is 151 Å². The van der Waals surface area contributed by atoms with Gasteiger partial charge in [-0.25, -0.2) is 12.7 Å². The van der Waals surface area contributed by atoms with E-state index in [9.17, 15) is 13.2 Å². The number of anilines is 1. The van der Waals surface area contributed by atoms with Crippen LogP contribution in [0.4, 0.5) is 5.69 Å². The van der Waals surface area contributed by atoms with Crippen LogP contribution in [-0.4, -0.2) is 49.0 Å². The van der Waals surface area contributed by atoms with Gasteiger partial charge in [-0.3, -0.25) is 9.78 Å². The molecule has 6 nitrogen and oxygen atoms in total. The lowest BCUT2D eigenvalue weighted by Gasteiger charge is -2.24. The summed E-state index contributed by atoms with van der Waals surface area (Å²) in [6.07, 6.45) is 2.40. The Kier molecular flexibility index (Phi) is 3.93. The first kappa shape index (κ1) is 16.7. The molecule has 0 bridgehead atoms. The number of carbonyl (C=O) groups is 1. The number of nitrogens with zero attached hydrogens (tertiary/aromatic N) is 3. The molecule has 2 aromatic heterocycles. The first-order chi connectivity index (χ1) is 12.0. The van der Waals surface area contributed by atoms with E-state index in [1.807, 2.05) is 29.0 Å². The van der Waals surface area contributed by atoms with Gasteiger partial charge < -0.3 is 4.90 Å². The maximum atomic E-state index is 12.9. The number of fused-ring (bicyclic) bond motifs is 2. The van der Waals surface area contributed by atoms with Crippen molar-refractivity contribution in [1.82, 2.24) is 9.29 Å². The van der Waals surface area contributed by atoms with Crippen molar-refractivity contribution in [3.05, 3.63) is 46.4 Å². The van der Waals surface area contributed by atoms with Crippen LogP contribution in [0.15, 0.2) is 35.2 Å². The first-order valence-corrected chi connectivity index (χ1v) is 10.8. The molecule has 0 aromatic carbocycles. The zero-order chi connectivity index (χ0) is 17.7. The molecule has 0 N–H and O–H groups in total. The van der Waals surface area contributed by atoms with Crippen molar-refractivity contribution in [2.75, 3.05) is 30.3 Å². The van der Waals surface area contributed by atoms with Gasteiger partial charge in [-0.05, 0) is 36.9 Å². The molecule has 1 fully saturated rings. The van der Waals surface area contributed by atoms with Crippen molar-refractivity contribution in [2.45, 2.75) is 18.8 Å². The highest BCUT2D eigenvalue weighted by Gasteiger charge is 2.51. The highest BCUT2D eigenvalue weighted by Crippen LogP contribution is 2.46. The Hall–Kier alpha value is -1.77. The monoisotopic (exact) mass is 377 g/mol. The number of rotatable bonds is 3. The minimum Gasteiger partial charge on any atom is -0.305 e. The topological polar surface area (TPSA) is 70.6 Å². The smallest absolute Gasteiger partial charge is 0.259 e. The van der Waals surface area contributed by atoms with Crippen LogP contribution < -0.4 is 4.90 Å². The van der Waals surface area contributed by atoms with Crippen LogP contribution in [0.3, 0.4) is 0 Å². The average Bonchev–Trinajstić information content (AvgIpc) is 3.35. The average molecular weight is 377 g/mol. The second kappa shape index (κ2) is 5.89. The van der Waals surface area contributed by atoms with Crippen LogP contribution in [0.5, 0.6) is 0 Å². The number of hydrogen-bond acceptors (Lipinski definition) is 5. The standard InChI is InChI=1S/C17H19N3O3S2/c1-2-25(22,23)19-8-6-17(11-19)12-20(14-4-3-7-18-15(14)17)16(21)13-5-9-24-10-13/h3-5,7,9-10H,2,6,8,11-12H2,1H3. The summed E-state index contributed by atoms with van der Waals surface area (Å²) in [4.78, 5) is 19.2. The van der Waals surface area contributed by atoms with Gasteiger partial charge >= 0.3 is 0 Å². The second-order valence-corrected chi connectivity index (χ2v) is 9.58. The number of thiophene rings is 1. The molecule has 4 rings (SSSR count). The van der Waals surface area contributed by atoms with E-state index in [2.05, 4.69) is 4.98 Å². The van der Waals surface area contributed by atoms with E-state index in [0.29, 0.717) is 31.6 Å². The molecule has 0 saturated carbocycles.